The average Bonchev–Trinajstić information content (AvgIpc) is 2.77. The van der Waals surface area contributed by atoms with Crippen LogP contribution in [-0.4, -0.2) is 41.6 Å². The maximum atomic E-state index is 13.2. The summed E-state index contributed by atoms with van der Waals surface area (Å²) >= 11 is 7.51. The SMILES string of the molecule is CC[C@H](C(=O)NCC(C)C)N(CCc1ccccc1)C(=O)CSCc1ccc(Cl)cc1. The number of amides is 2. The molecule has 0 fully saturated rings. The van der Waals surface area contributed by atoms with Crippen LogP contribution in [0, 0.1) is 5.92 Å². The molecule has 0 saturated heterocycles. The summed E-state index contributed by atoms with van der Waals surface area (Å²) in [4.78, 5) is 27.8. The van der Waals surface area contributed by atoms with Gasteiger partial charge in [-0.1, -0.05) is 74.8 Å². The van der Waals surface area contributed by atoms with E-state index in [4.69, 9.17) is 11.6 Å². The molecule has 0 aliphatic carbocycles. The first-order valence-electron chi connectivity index (χ1n) is 10.8. The first-order valence-corrected chi connectivity index (χ1v) is 12.4. The van der Waals surface area contributed by atoms with Crippen molar-refractivity contribution in [3.05, 3.63) is 70.7 Å². The summed E-state index contributed by atoms with van der Waals surface area (Å²) in [5.74, 6) is 1.36. The molecule has 2 aromatic carbocycles. The smallest absolute Gasteiger partial charge is 0.242 e. The van der Waals surface area contributed by atoms with Crippen molar-refractivity contribution < 1.29 is 9.59 Å². The largest absolute Gasteiger partial charge is 0.354 e. The van der Waals surface area contributed by atoms with Crippen LogP contribution in [0.15, 0.2) is 54.6 Å². The van der Waals surface area contributed by atoms with Gasteiger partial charge in [-0.2, -0.15) is 0 Å². The molecule has 2 amide bonds. The summed E-state index contributed by atoms with van der Waals surface area (Å²) in [6.45, 7) is 7.22. The lowest BCUT2D eigenvalue weighted by Crippen LogP contribution is -2.51. The Labute approximate surface area is 195 Å². The third kappa shape index (κ3) is 8.96. The van der Waals surface area contributed by atoms with Crippen LogP contribution < -0.4 is 5.32 Å². The number of hydrogen-bond acceptors (Lipinski definition) is 3. The molecule has 0 unspecified atom stereocenters. The van der Waals surface area contributed by atoms with Crippen LogP contribution in [-0.2, 0) is 21.8 Å². The second-order valence-corrected chi connectivity index (χ2v) is 9.43. The van der Waals surface area contributed by atoms with Gasteiger partial charge in [-0.25, -0.2) is 0 Å². The van der Waals surface area contributed by atoms with E-state index in [-0.39, 0.29) is 11.8 Å². The zero-order valence-electron chi connectivity index (χ0n) is 18.6. The number of rotatable bonds is 12. The molecule has 0 aliphatic rings. The van der Waals surface area contributed by atoms with Gasteiger partial charge in [0.25, 0.3) is 0 Å². The highest BCUT2D eigenvalue weighted by atomic mass is 35.5. The molecule has 168 valence electrons. The molecule has 2 rings (SSSR count). The van der Waals surface area contributed by atoms with Gasteiger partial charge in [-0.15, -0.1) is 11.8 Å². The molecular weight excluding hydrogens is 428 g/mol. The molecule has 0 spiro atoms. The highest BCUT2D eigenvalue weighted by Crippen LogP contribution is 2.17. The van der Waals surface area contributed by atoms with Crippen molar-refractivity contribution in [3.63, 3.8) is 0 Å². The van der Waals surface area contributed by atoms with E-state index in [9.17, 15) is 9.59 Å². The molecule has 0 aliphatic heterocycles. The van der Waals surface area contributed by atoms with Crippen LogP contribution in [0.4, 0.5) is 0 Å². The lowest BCUT2D eigenvalue weighted by Gasteiger charge is -2.31. The number of carbonyl (C=O) groups excluding carboxylic acids is 2. The minimum atomic E-state index is -0.453. The van der Waals surface area contributed by atoms with Gasteiger partial charge in [0, 0.05) is 23.9 Å². The predicted octanol–water partition coefficient (Wildman–Crippen LogP) is 5.20. The van der Waals surface area contributed by atoms with Crippen molar-refractivity contribution in [2.24, 2.45) is 5.92 Å². The monoisotopic (exact) mass is 460 g/mol. The summed E-state index contributed by atoms with van der Waals surface area (Å²) in [6, 6.07) is 17.3. The Morgan fingerprint density at radius 3 is 2.32 bits per heavy atom. The van der Waals surface area contributed by atoms with E-state index in [1.807, 2.05) is 49.4 Å². The van der Waals surface area contributed by atoms with E-state index in [0.29, 0.717) is 36.2 Å². The number of halogens is 1. The van der Waals surface area contributed by atoms with E-state index < -0.39 is 6.04 Å². The average molecular weight is 461 g/mol. The van der Waals surface area contributed by atoms with E-state index in [1.54, 1.807) is 16.7 Å². The van der Waals surface area contributed by atoms with Crippen LogP contribution in [0.5, 0.6) is 0 Å². The molecule has 6 heteroatoms. The highest BCUT2D eigenvalue weighted by molar-refractivity contribution is 7.99. The highest BCUT2D eigenvalue weighted by Gasteiger charge is 2.28. The van der Waals surface area contributed by atoms with Crippen LogP contribution in [0.1, 0.15) is 38.3 Å². The standard InChI is InChI=1S/C25H33ClN2O2S/c1-4-23(25(30)27-16-19(2)3)28(15-14-20-8-6-5-7-9-20)24(29)18-31-17-21-10-12-22(26)13-11-21/h5-13,19,23H,4,14-18H2,1-3H3,(H,27,30)/t23-/m1/s1. The Morgan fingerprint density at radius 1 is 1.03 bits per heavy atom. The van der Waals surface area contributed by atoms with E-state index in [0.717, 1.165) is 23.3 Å². The van der Waals surface area contributed by atoms with Gasteiger partial charge >= 0.3 is 0 Å². The minimum absolute atomic E-state index is 0.00133. The third-order valence-electron chi connectivity index (χ3n) is 4.96. The summed E-state index contributed by atoms with van der Waals surface area (Å²) in [7, 11) is 0. The van der Waals surface area contributed by atoms with Gasteiger partial charge in [0.2, 0.25) is 11.8 Å². The van der Waals surface area contributed by atoms with Crippen LogP contribution in [0.3, 0.4) is 0 Å². The predicted molar refractivity (Wildman–Crippen MR) is 131 cm³/mol. The molecule has 0 radical (unpaired) electrons. The van der Waals surface area contributed by atoms with E-state index in [1.165, 1.54) is 0 Å². The van der Waals surface area contributed by atoms with Crippen molar-refractivity contribution in [2.45, 2.75) is 45.4 Å². The Kier molecular flexibility index (Phi) is 11.0. The second kappa shape index (κ2) is 13.4. The number of benzene rings is 2. The Bertz CT molecular complexity index is 812. The normalized spacial score (nSPS) is 11.9. The van der Waals surface area contributed by atoms with Crippen molar-refractivity contribution in [3.8, 4) is 0 Å². The van der Waals surface area contributed by atoms with E-state index in [2.05, 4.69) is 31.3 Å². The lowest BCUT2D eigenvalue weighted by atomic mass is 10.1. The van der Waals surface area contributed by atoms with E-state index >= 15 is 0 Å². The third-order valence-corrected chi connectivity index (χ3v) is 6.20. The molecule has 1 N–H and O–H groups in total. The summed E-state index contributed by atoms with van der Waals surface area (Å²) in [5.41, 5.74) is 2.28. The summed E-state index contributed by atoms with van der Waals surface area (Å²) < 4.78 is 0. The Morgan fingerprint density at radius 2 is 1.71 bits per heavy atom. The van der Waals surface area contributed by atoms with Gasteiger partial charge in [0.05, 0.1) is 5.75 Å². The zero-order chi connectivity index (χ0) is 22.6. The van der Waals surface area contributed by atoms with Crippen LogP contribution in [0.2, 0.25) is 5.02 Å². The first-order chi connectivity index (χ1) is 14.9. The van der Waals surface area contributed by atoms with Crippen LogP contribution >= 0.6 is 23.4 Å². The molecule has 2 aromatic rings. The molecule has 0 aromatic heterocycles. The number of thioether (sulfide) groups is 1. The molecular formula is C25H33ClN2O2S. The fourth-order valence-corrected chi connectivity index (χ4v) is 4.23. The molecule has 0 heterocycles. The molecule has 0 saturated carbocycles. The minimum Gasteiger partial charge on any atom is -0.354 e. The fourth-order valence-electron chi connectivity index (χ4n) is 3.24. The summed E-state index contributed by atoms with van der Waals surface area (Å²) in [5, 5.41) is 3.71. The van der Waals surface area contributed by atoms with Crippen molar-refractivity contribution in [1.82, 2.24) is 10.2 Å². The van der Waals surface area contributed by atoms with Gasteiger partial charge < -0.3 is 10.2 Å². The van der Waals surface area contributed by atoms with Crippen molar-refractivity contribution in [2.75, 3.05) is 18.8 Å². The second-order valence-electron chi connectivity index (χ2n) is 8.01. The molecule has 31 heavy (non-hydrogen) atoms. The summed E-state index contributed by atoms with van der Waals surface area (Å²) in [6.07, 6.45) is 1.31. The Balaban J connectivity index is 2.03. The lowest BCUT2D eigenvalue weighted by molar-refractivity contribution is -0.138. The molecule has 4 nitrogen and oxygen atoms in total. The first kappa shape index (κ1) is 25.3. The fraction of sp³-hybridized carbons (Fsp3) is 0.440. The van der Waals surface area contributed by atoms with Crippen LogP contribution in [0.25, 0.3) is 0 Å². The number of nitrogens with one attached hydrogen (secondary N) is 1. The van der Waals surface area contributed by atoms with Gasteiger partial charge in [-0.05, 0) is 42.0 Å². The number of hydrogen-bond donors (Lipinski definition) is 1. The molecule has 1 atom stereocenters. The maximum Gasteiger partial charge on any atom is 0.242 e. The van der Waals surface area contributed by atoms with Gasteiger partial charge in [-0.3, -0.25) is 9.59 Å². The number of nitrogens with zero attached hydrogens (tertiary/aromatic N) is 1. The maximum absolute atomic E-state index is 13.2. The molecule has 0 bridgehead atoms. The Hall–Kier alpha value is -1.98. The van der Waals surface area contributed by atoms with Gasteiger partial charge in [0.1, 0.15) is 6.04 Å². The van der Waals surface area contributed by atoms with Gasteiger partial charge in [0.15, 0.2) is 0 Å². The van der Waals surface area contributed by atoms with Crippen molar-refractivity contribution >= 4 is 35.2 Å². The topological polar surface area (TPSA) is 49.4 Å². The number of carbonyl (C=O) groups is 2. The quantitative estimate of drug-likeness (QED) is 0.473. The zero-order valence-corrected chi connectivity index (χ0v) is 20.2. The van der Waals surface area contributed by atoms with Crippen molar-refractivity contribution in [1.29, 1.82) is 0 Å².